The molecule has 33 heavy (non-hydrogen) atoms. The van der Waals surface area contributed by atoms with Gasteiger partial charge in [0.2, 0.25) is 10.0 Å². The van der Waals surface area contributed by atoms with Crippen LogP contribution in [0.4, 0.5) is 4.39 Å². The van der Waals surface area contributed by atoms with Gasteiger partial charge in [0, 0.05) is 60.1 Å². The molecule has 1 amide bonds. The van der Waals surface area contributed by atoms with Crippen LogP contribution in [0, 0.1) is 5.82 Å². The lowest BCUT2D eigenvalue weighted by atomic mass is 10.2. The molecule has 2 aromatic carbocycles. The average molecular weight is 488 g/mol. The summed E-state index contributed by atoms with van der Waals surface area (Å²) in [5.41, 5.74) is 1.10. The van der Waals surface area contributed by atoms with E-state index in [1.54, 1.807) is 47.4 Å². The minimum atomic E-state index is -3.53. The Hall–Kier alpha value is -2.59. The van der Waals surface area contributed by atoms with E-state index in [1.165, 1.54) is 18.2 Å². The number of nitrogens with zero attached hydrogens (tertiary/aromatic N) is 2. The minimum absolute atomic E-state index is 0.0972. The molecular weight excluding hydrogens is 461 g/mol. The van der Waals surface area contributed by atoms with Crippen molar-refractivity contribution in [1.82, 2.24) is 14.5 Å². The molecule has 0 spiro atoms. The summed E-state index contributed by atoms with van der Waals surface area (Å²) in [6.45, 7) is 5.47. The lowest BCUT2D eigenvalue weighted by molar-refractivity contribution is 0.0629. The molecule has 0 aliphatic carbocycles. The predicted molar refractivity (Wildman–Crippen MR) is 128 cm³/mol. The van der Waals surface area contributed by atoms with E-state index in [1.807, 2.05) is 18.2 Å². The summed E-state index contributed by atoms with van der Waals surface area (Å²) in [5, 5.41) is 0. The van der Waals surface area contributed by atoms with Gasteiger partial charge in [-0.3, -0.25) is 9.69 Å². The maximum absolute atomic E-state index is 14.0. The fourth-order valence-corrected chi connectivity index (χ4v) is 5.95. The van der Waals surface area contributed by atoms with Crippen molar-refractivity contribution in [1.29, 1.82) is 0 Å². The third-order valence-corrected chi connectivity index (χ3v) is 8.25. The summed E-state index contributed by atoms with van der Waals surface area (Å²) in [4.78, 5) is 19.2. The Balaban J connectivity index is 1.33. The summed E-state index contributed by atoms with van der Waals surface area (Å²) < 4.78 is 40.6. The van der Waals surface area contributed by atoms with E-state index in [-0.39, 0.29) is 16.6 Å². The van der Waals surface area contributed by atoms with E-state index in [0.29, 0.717) is 30.8 Å². The molecule has 1 aliphatic heterocycles. The van der Waals surface area contributed by atoms with Crippen molar-refractivity contribution in [3.05, 3.63) is 76.9 Å². The van der Waals surface area contributed by atoms with Crippen molar-refractivity contribution in [3.63, 3.8) is 0 Å². The number of hydrogen-bond acceptors (Lipinski definition) is 5. The Morgan fingerprint density at radius 2 is 1.70 bits per heavy atom. The van der Waals surface area contributed by atoms with Crippen LogP contribution in [0.2, 0.25) is 0 Å². The van der Waals surface area contributed by atoms with Crippen LogP contribution in [-0.4, -0.2) is 56.8 Å². The van der Waals surface area contributed by atoms with Gasteiger partial charge >= 0.3 is 0 Å². The molecule has 2 heterocycles. The van der Waals surface area contributed by atoms with Crippen molar-refractivity contribution in [2.75, 3.05) is 32.7 Å². The van der Waals surface area contributed by atoms with Crippen molar-refractivity contribution in [2.45, 2.75) is 18.4 Å². The summed E-state index contributed by atoms with van der Waals surface area (Å²) in [5.74, 6) is -0.315. The summed E-state index contributed by atoms with van der Waals surface area (Å²) in [6, 6.07) is 16.8. The Bertz CT molecular complexity index is 1220. The first kappa shape index (κ1) is 23.6. The van der Waals surface area contributed by atoms with Crippen LogP contribution in [0.3, 0.4) is 0 Å². The highest BCUT2D eigenvalue weighted by Crippen LogP contribution is 2.30. The minimum Gasteiger partial charge on any atom is -0.336 e. The summed E-state index contributed by atoms with van der Waals surface area (Å²) in [7, 11) is -3.53. The zero-order chi connectivity index (χ0) is 23.4. The topological polar surface area (TPSA) is 69.7 Å². The van der Waals surface area contributed by atoms with Crippen LogP contribution in [0.5, 0.6) is 0 Å². The van der Waals surface area contributed by atoms with Crippen molar-refractivity contribution < 1.29 is 17.6 Å². The third kappa shape index (κ3) is 5.50. The van der Waals surface area contributed by atoms with Gasteiger partial charge in [0.25, 0.3) is 5.91 Å². The van der Waals surface area contributed by atoms with Gasteiger partial charge in [0.15, 0.2) is 0 Å². The summed E-state index contributed by atoms with van der Waals surface area (Å²) >= 11 is 1.59. The van der Waals surface area contributed by atoms with Crippen LogP contribution in [0.25, 0.3) is 10.4 Å². The number of benzene rings is 2. The monoisotopic (exact) mass is 487 g/mol. The number of thiophene rings is 1. The highest BCUT2D eigenvalue weighted by atomic mass is 32.2. The number of hydrogen-bond donors (Lipinski definition) is 1. The molecule has 174 valence electrons. The molecule has 1 saturated heterocycles. The quantitative estimate of drug-likeness (QED) is 0.550. The molecule has 3 aromatic rings. The molecule has 0 bridgehead atoms. The fourth-order valence-electron chi connectivity index (χ4n) is 3.83. The average Bonchev–Trinajstić information content (AvgIpc) is 3.27. The number of nitrogens with one attached hydrogen (secondary N) is 1. The maximum atomic E-state index is 14.0. The Kier molecular flexibility index (Phi) is 7.23. The van der Waals surface area contributed by atoms with E-state index >= 15 is 0 Å². The van der Waals surface area contributed by atoms with Crippen molar-refractivity contribution in [3.8, 4) is 10.4 Å². The van der Waals surface area contributed by atoms with Crippen molar-refractivity contribution >= 4 is 27.3 Å². The number of rotatable bonds is 7. The maximum Gasteiger partial charge on any atom is 0.253 e. The van der Waals surface area contributed by atoms with Crippen LogP contribution >= 0.6 is 11.3 Å². The van der Waals surface area contributed by atoms with Crippen LogP contribution in [0.15, 0.2) is 65.6 Å². The van der Waals surface area contributed by atoms with E-state index in [0.717, 1.165) is 29.4 Å². The van der Waals surface area contributed by atoms with E-state index in [2.05, 4.69) is 9.62 Å². The molecule has 0 unspecified atom stereocenters. The first-order chi connectivity index (χ1) is 15.9. The van der Waals surface area contributed by atoms with E-state index < -0.39 is 10.0 Å². The molecule has 1 N–H and O–H groups in total. The Morgan fingerprint density at radius 3 is 2.36 bits per heavy atom. The van der Waals surface area contributed by atoms with E-state index in [9.17, 15) is 17.6 Å². The van der Waals surface area contributed by atoms with Gasteiger partial charge in [-0.25, -0.2) is 17.5 Å². The molecule has 4 rings (SSSR count). The van der Waals surface area contributed by atoms with Crippen LogP contribution in [-0.2, 0) is 16.6 Å². The molecular formula is C24H26FN3O3S2. The second-order valence-corrected chi connectivity index (χ2v) is 10.8. The number of carbonyl (C=O) groups is 1. The first-order valence-electron chi connectivity index (χ1n) is 10.8. The summed E-state index contributed by atoms with van der Waals surface area (Å²) in [6.07, 6.45) is 0. The molecule has 6 nitrogen and oxygen atoms in total. The van der Waals surface area contributed by atoms with Gasteiger partial charge in [-0.15, -0.1) is 11.3 Å². The molecule has 1 aromatic heterocycles. The van der Waals surface area contributed by atoms with Gasteiger partial charge in [0.05, 0.1) is 4.90 Å². The molecule has 0 radical (unpaired) electrons. The van der Waals surface area contributed by atoms with E-state index in [4.69, 9.17) is 0 Å². The number of sulfonamides is 1. The number of halogens is 1. The number of carbonyl (C=O) groups excluding carboxylic acids is 1. The van der Waals surface area contributed by atoms with Crippen LogP contribution in [0.1, 0.15) is 22.2 Å². The van der Waals surface area contributed by atoms with Crippen molar-refractivity contribution in [2.24, 2.45) is 0 Å². The molecule has 9 heteroatoms. The molecule has 0 atom stereocenters. The van der Waals surface area contributed by atoms with Crippen LogP contribution < -0.4 is 4.72 Å². The second kappa shape index (κ2) is 10.1. The third-order valence-electron chi connectivity index (χ3n) is 5.59. The second-order valence-electron chi connectivity index (χ2n) is 7.84. The molecule has 1 fully saturated rings. The van der Waals surface area contributed by atoms with Gasteiger partial charge < -0.3 is 4.90 Å². The van der Waals surface area contributed by atoms with Gasteiger partial charge in [-0.1, -0.05) is 25.1 Å². The first-order valence-corrected chi connectivity index (χ1v) is 13.1. The normalized spacial score (nSPS) is 15.0. The smallest absolute Gasteiger partial charge is 0.253 e. The fraction of sp³-hybridized carbons (Fsp3) is 0.292. The van der Waals surface area contributed by atoms with Gasteiger partial charge in [0.1, 0.15) is 5.82 Å². The zero-order valence-corrected chi connectivity index (χ0v) is 20.0. The Labute approximate surface area is 197 Å². The largest absolute Gasteiger partial charge is 0.336 e. The SMILES string of the molecule is CCNS(=O)(=O)c1ccc(C(=O)N2CCN(Cc3ccc(-c4ccccc4F)s3)CC2)cc1. The lowest BCUT2D eigenvalue weighted by Gasteiger charge is -2.34. The van der Waals surface area contributed by atoms with Gasteiger partial charge in [-0.2, -0.15) is 0 Å². The Morgan fingerprint density at radius 1 is 1.00 bits per heavy atom. The standard InChI is InChI=1S/C24H26FN3O3S2/c1-2-26-33(30,31)20-10-7-18(8-11-20)24(29)28-15-13-27(14-16-28)17-19-9-12-23(32-19)21-5-3-4-6-22(21)25/h3-12,26H,2,13-17H2,1H3. The number of amides is 1. The molecule has 1 aliphatic rings. The van der Waals surface area contributed by atoms with Gasteiger partial charge in [-0.05, 0) is 42.5 Å². The highest BCUT2D eigenvalue weighted by molar-refractivity contribution is 7.89. The lowest BCUT2D eigenvalue weighted by Crippen LogP contribution is -2.48. The zero-order valence-electron chi connectivity index (χ0n) is 18.3. The molecule has 0 saturated carbocycles. The number of piperazine rings is 1. The highest BCUT2D eigenvalue weighted by Gasteiger charge is 2.23. The predicted octanol–water partition coefficient (Wildman–Crippen LogP) is 3.81.